The van der Waals surface area contributed by atoms with Crippen molar-refractivity contribution < 1.29 is 18.7 Å². The topological polar surface area (TPSA) is 48.4 Å². The van der Waals surface area contributed by atoms with E-state index in [1.807, 2.05) is 13.8 Å². The summed E-state index contributed by atoms with van der Waals surface area (Å²) in [5.74, 6) is 0.209. The molecule has 1 aliphatic carbocycles. The van der Waals surface area contributed by atoms with Gasteiger partial charge in [0.05, 0.1) is 24.1 Å². The Hall–Kier alpha value is -2.17. The van der Waals surface area contributed by atoms with Crippen molar-refractivity contribution in [1.29, 1.82) is 0 Å². The van der Waals surface area contributed by atoms with E-state index in [0.29, 0.717) is 29.7 Å². The molecule has 3 atom stereocenters. The molecule has 0 aliphatic heterocycles. The number of benzene rings is 1. The van der Waals surface area contributed by atoms with Crippen molar-refractivity contribution >= 4 is 16.9 Å². The van der Waals surface area contributed by atoms with Gasteiger partial charge in [0.15, 0.2) is 0 Å². The molecular weight excluding hydrogens is 297 g/mol. The normalized spacial score (nSPS) is 23.9. The second kappa shape index (κ2) is 6.52. The van der Waals surface area contributed by atoms with Crippen LogP contribution in [0.2, 0.25) is 0 Å². The molecule has 1 aromatic heterocycles. The summed E-state index contributed by atoms with van der Waals surface area (Å²) in [6.07, 6.45) is 2.98. The number of pyridine rings is 1. The van der Waals surface area contributed by atoms with Crippen LogP contribution in [0.1, 0.15) is 26.7 Å². The van der Waals surface area contributed by atoms with Crippen LogP contribution in [-0.2, 0) is 9.53 Å². The monoisotopic (exact) mass is 317 g/mol. The number of hydrogen-bond acceptors (Lipinski definition) is 4. The van der Waals surface area contributed by atoms with Gasteiger partial charge in [-0.05, 0) is 49.9 Å². The second-order valence-corrected chi connectivity index (χ2v) is 6.02. The summed E-state index contributed by atoms with van der Waals surface area (Å²) < 4.78 is 24.7. The number of carbonyl (C=O) groups is 1. The van der Waals surface area contributed by atoms with E-state index >= 15 is 0 Å². The van der Waals surface area contributed by atoms with Gasteiger partial charge in [0.25, 0.3) is 0 Å². The largest absolute Gasteiger partial charge is 0.490 e. The number of ether oxygens (including phenoxy) is 2. The van der Waals surface area contributed by atoms with Gasteiger partial charge < -0.3 is 9.47 Å². The zero-order valence-corrected chi connectivity index (χ0v) is 13.3. The van der Waals surface area contributed by atoms with Crippen molar-refractivity contribution in [3.63, 3.8) is 0 Å². The van der Waals surface area contributed by atoms with E-state index < -0.39 is 0 Å². The predicted molar refractivity (Wildman–Crippen MR) is 84.6 cm³/mol. The zero-order chi connectivity index (χ0) is 16.4. The van der Waals surface area contributed by atoms with E-state index in [0.717, 1.165) is 6.42 Å². The fraction of sp³-hybridized carbons (Fsp3) is 0.444. The van der Waals surface area contributed by atoms with E-state index in [1.165, 1.54) is 12.1 Å². The first-order valence-corrected chi connectivity index (χ1v) is 7.96. The molecule has 0 N–H and O–H groups in total. The Morgan fingerprint density at radius 3 is 2.96 bits per heavy atom. The Bertz CT molecular complexity index is 718. The maximum atomic E-state index is 13.5. The number of hydrogen-bond donors (Lipinski definition) is 0. The first-order chi connectivity index (χ1) is 11.1. The van der Waals surface area contributed by atoms with Gasteiger partial charge >= 0.3 is 5.97 Å². The minimum Gasteiger partial charge on any atom is -0.490 e. The molecule has 2 aromatic rings. The predicted octanol–water partition coefficient (Wildman–Crippen LogP) is 3.73. The first kappa shape index (κ1) is 15.7. The molecule has 1 aliphatic rings. The molecule has 122 valence electrons. The van der Waals surface area contributed by atoms with Crippen LogP contribution < -0.4 is 4.74 Å². The molecule has 0 bridgehead atoms. The van der Waals surface area contributed by atoms with E-state index in [9.17, 15) is 9.18 Å². The molecule has 23 heavy (non-hydrogen) atoms. The molecule has 3 unspecified atom stereocenters. The Labute approximate surface area is 134 Å². The molecule has 4 nitrogen and oxygen atoms in total. The van der Waals surface area contributed by atoms with Gasteiger partial charge in [-0.2, -0.15) is 0 Å². The SMILES string of the molecule is CCOC(=O)C1CC(Oc2ccnc3ccc(F)cc23)CC1C. The van der Waals surface area contributed by atoms with Crippen molar-refractivity contribution in [2.45, 2.75) is 32.8 Å². The summed E-state index contributed by atoms with van der Waals surface area (Å²) in [5.41, 5.74) is 0.692. The van der Waals surface area contributed by atoms with Gasteiger partial charge in [-0.15, -0.1) is 0 Å². The molecule has 0 saturated heterocycles. The smallest absolute Gasteiger partial charge is 0.309 e. The third-order valence-electron chi connectivity index (χ3n) is 4.38. The van der Waals surface area contributed by atoms with E-state index in [1.54, 1.807) is 18.3 Å². The highest BCUT2D eigenvalue weighted by atomic mass is 19.1. The summed E-state index contributed by atoms with van der Waals surface area (Å²) in [4.78, 5) is 16.2. The minimum absolute atomic E-state index is 0.0757. The zero-order valence-electron chi connectivity index (χ0n) is 13.3. The van der Waals surface area contributed by atoms with Crippen LogP contribution in [0, 0.1) is 17.7 Å². The molecule has 5 heteroatoms. The number of fused-ring (bicyclic) bond motifs is 1. The highest BCUT2D eigenvalue weighted by Crippen LogP contribution is 2.36. The number of aromatic nitrogens is 1. The first-order valence-electron chi connectivity index (χ1n) is 7.96. The lowest BCUT2D eigenvalue weighted by atomic mass is 9.99. The molecule has 0 spiro atoms. The Morgan fingerprint density at radius 1 is 1.35 bits per heavy atom. The molecule has 3 rings (SSSR count). The second-order valence-electron chi connectivity index (χ2n) is 6.02. The van der Waals surface area contributed by atoms with Gasteiger partial charge in [-0.3, -0.25) is 9.78 Å². The molecule has 1 saturated carbocycles. The maximum Gasteiger partial charge on any atom is 0.309 e. The molecule has 0 radical (unpaired) electrons. The van der Waals surface area contributed by atoms with Gasteiger partial charge in [0, 0.05) is 11.6 Å². The highest BCUT2D eigenvalue weighted by molar-refractivity contribution is 5.84. The van der Waals surface area contributed by atoms with Crippen LogP contribution in [0.15, 0.2) is 30.5 Å². The van der Waals surface area contributed by atoms with Gasteiger partial charge in [0.1, 0.15) is 11.6 Å². The average Bonchev–Trinajstić information content (AvgIpc) is 2.89. The lowest BCUT2D eigenvalue weighted by Crippen LogP contribution is -2.20. The number of nitrogens with zero attached hydrogens (tertiary/aromatic N) is 1. The number of esters is 1. The van der Waals surface area contributed by atoms with Crippen LogP contribution in [-0.4, -0.2) is 23.7 Å². The minimum atomic E-state index is -0.320. The average molecular weight is 317 g/mol. The number of rotatable bonds is 4. The Balaban J connectivity index is 1.78. The van der Waals surface area contributed by atoms with Crippen LogP contribution in [0.25, 0.3) is 10.9 Å². The van der Waals surface area contributed by atoms with E-state index in [2.05, 4.69) is 4.98 Å². The molecule has 0 amide bonds. The summed E-state index contributed by atoms with van der Waals surface area (Å²) >= 11 is 0. The lowest BCUT2D eigenvalue weighted by molar-refractivity contribution is -0.149. The van der Waals surface area contributed by atoms with Crippen LogP contribution in [0.4, 0.5) is 4.39 Å². The van der Waals surface area contributed by atoms with Crippen LogP contribution in [0.3, 0.4) is 0 Å². The van der Waals surface area contributed by atoms with Crippen molar-refractivity contribution in [1.82, 2.24) is 4.98 Å². The van der Waals surface area contributed by atoms with E-state index in [-0.39, 0.29) is 29.7 Å². The fourth-order valence-electron chi connectivity index (χ4n) is 3.24. The van der Waals surface area contributed by atoms with Gasteiger partial charge in [0.2, 0.25) is 0 Å². The standard InChI is InChI=1S/C18H20FNO3/c1-3-22-18(21)14-10-13(8-11(14)2)23-17-6-7-20-16-5-4-12(19)9-15(16)17/h4-7,9,11,13-14H,3,8,10H2,1-2H3. The van der Waals surface area contributed by atoms with Gasteiger partial charge in [-0.1, -0.05) is 6.92 Å². The summed E-state index contributed by atoms with van der Waals surface area (Å²) in [5, 5.41) is 0.653. The summed E-state index contributed by atoms with van der Waals surface area (Å²) in [6, 6.07) is 6.19. The van der Waals surface area contributed by atoms with Gasteiger partial charge in [-0.25, -0.2) is 4.39 Å². The van der Waals surface area contributed by atoms with Crippen molar-refractivity contribution in [2.75, 3.05) is 6.61 Å². The molecule has 1 aromatic carbocycles. The van der Waals surface area contributed by atoms with Crippen molar-refractivity contribution in [2.24, 2.45) is 11.8 Å². The summed E-state index contributed by atoms with van der Waals surface area (Å²) in [7, 11) is 0. The third-order valence-corrected chi connectivity index (χ3v) is 4.38. The quantitative estimate of drug-likeness (QED) is 0.806. The van der Waals surface area contributed by atoms with Crippen LogP contribution in [0.5, 0.6) is 5.75 Å². The highest BCUT2D eigenvalue weighted by Gasteiger charge is 2.38. The Morgan fingerprint density at radius 2 is 2.17 bits per heavy atom. The Kier molecular flexibility index (Phi) is 4.46. The molecule has 1 heterocycles. The van der Waals surface area contributed by atoms with Crippen molar-refractivity contribution in [3.05, 3.63) is 36.3 Å². The number of halogens is 1. The van der Waals surface area contributed by atoms with Crippen molar-refractivity contribution in [3.8, 4) is 5.75 Å². The fourth-order valence-corrected chi connectivity index (χ4v) is 3.24. The van der Waals surface area contributed by atoms with Crippen LogP contribution >= 0.6 is 0 Å². The summed E-state index contributed by atoms with van der Waals surface area (Å²) in [6.45, 7) is 4.24. The van der Waals surface area contributed by atoms with E-state index in [4.69, 9.17) is 9.47 Å². The lowest BCUT2D eigenvalue weighted by Gasteiger charge is -2.15. The molecular formula is C18H20FNO3. The third kappa shape index (κ3) is 3.28. The molecule has 1 fully saturated rings. The maximum absolute atomic E-state index is 13.5. The number of carbonyl (C=O) groups excluding carboxylic acids is 1.